The number of hydrogen-bond acceptors (Lipinski definition) is 3. The number of nitrogens with zero attached hydrogens (tertiary/aromatic N) is 1. The number of carbonyl (C=O) groups is 1. The second-order valence-corrected chi connectivity index (χ2v) is 5.16. The molecule has 0 atom stereocenters. The predicted octanol–water partition coefficient (Wildman–Crippen LogP) is 1.68. The Hall–Kier alpha value is -1.78. The third kappa shape index (κ3) is 5.03. The number of alkyl carbamates (subject to hydrolysis) is 1. The van der Waals surface area contributed by atoms with Crippen molar-refractivity contribution in [2.24, 2.45) is 0 Å². The number of carbonyl (C=O) groups excluding carboxylic acids is 1. The first kappa shape index (κ1) is 14.3. The summed E-state index contributed by atoms with van der Waals surface area (Å²) in [5, 5.41) is 2.66. The summed E-state index contributed by atoms with van der Waals surface area (Å²) in [6, 6.07) is 1.52. The van der Waals surface area contributed by atoms with E-state index in [9.17, 15) is 9.59 Å². The van der Waals surface area contributed by atoms with E-state index in [2.05, 4.69) is 5.32 Å². The molecule has 0 aromatic carbocycles. The highest BCUT2D eigenvalue weighted by atomic mass is 16.6. The molecule has 0 bridgehead atoms. The van der Waals surface area contributed by atoms with Crippen molar-refractivity contribution in [2.45, 2.75) is 39.8 Å². The average Bonchev–Trinajstić information content (AvgIpc) is 2.20. The summed E-state index contributed by atoms with van der Waals surface area (Å²) in [4.78, 5) is 22.6. The fourth-order valence-corrected chi connectivity index (χ4v) is 1.39. The van der Waals surface area contributed by atoms with E-state index in [1.54, 1.807) is 19.3 Å². The van der Waals surface area contributed by atoms with Crippen LogP contribution in [0.5, 0.6) is 0 Å². The van der Waals surface area contributed by atoms with Crippen LogP contribution in [-0.2, 0) is 11.3 Å². The minimum absolute atomic E-state index is 0.0198. The lowest BCUT2D eigenvalue weighted by molar-refractivity contribution is 0.0526. The summed E-state index contributed by atoms with van der Waals surface area (Å²) < 4.78 is 6.96. The van der Waals surface area contributed by atoms with Gasteiger partial charge in [-0.2, -0.15) is 0 Å². The van der Waals surface area contributed by atoms with Crippen LogP contribution in [-0.4, -0.2) is 22.8 Å². The van der Waals surface area contributed by atoms with Gasteiger partial charge in [-0.25, -0.2) is 4.79 Å². The number of pyridine rings is 1. The quantitative estimate of drug-likeness (QED) is 0.890. The number of hydrogen-bond donors (Lipinski definition) is 1. The van der Waals surface area contributed by atoms with Crippen molar-refractivity contribution in [2.75, 3.05) is 6.54 Å². The number of ether oxygens (including phenoxy) is 1. The monoisotopic (exact) mass is 252 g/mol. The standard InChI is InChI=1S/C13H20N2O3/c1-10-9-15(7-5-11(10)16)8-6-14-12(17)18-13(2,3)4/h5,7,9H,6,8H2,1-4H3,(H,14,17). The van der Waals surface area contributed by atoms with E-state index in [-0.39, 0.29) is 5.43 Å². The van der Waals surface area contributed by atoms with E-state index >= 15 is 0 Å². The van der Waals surface area contributed by atoms with Gasteiger partial charge in [0.2, 0.25) is 0 Å². The summed E-state index contributed by atoms with van der Waals surface area (Å²) >= 11 is 0. The van der Waals surface area contributed by atoms with E-state index in [1.165, 1.54) is 6.07 Å². The number of rotatable bonds is 3. The van der Waals surface area contributed by atoms with Crippen LogP contribution in [0, 0.1) is 6.92 Å². The summed E-state index contributed by atoms with van der Waals surface area (Å²) in [5.41, 5.74) is 0.221. The Morgan fingerprint density at radius 2 is 2.11 bits per heavy atom. The number of aryl methyl sites for hydroxylation is 1. The van der Waals surface area contributed by atoms with Crippen LogP contribution in [0.3, 0.4) is 0 Å². The van der Waals surface area contributed by atoms with Crippen LogP contribution in [0.4, 0.5) is 4.79 Å². The molecule has 1 rings (SSSR count). The van der Waals surface area contributed by atoms with Gasteiger partial charge in [0.25, 0.3) is 0 Å². The van der Waals surface area contributed by atoms with Crippen LogP contribution >= 0.6 is 0 Å². The van der Waals surface area contributed by atoms with Crippen LogP contribution in [0.15, 0.2) is 23.3 Å². The molecule has 1 heterocycles. The molecule has 1 N–H and O–H groups in total. The van der Waals surface area contributed by atoms with E-state index in [4.69, 9.17) is 4.74 Å². The van der Waals surface area contributed by atoms with Gasteiger partial charge in [-0.3, -0.25) is 4.79 Å². The van der Waals surface area contributed by atoms with Gasteiger partial charge in [-0.05, 0) is 27.7 Å². The SMILES string of the molecule is Cc1cn(CCNC(=O)OC(C)(C)C)ccc1=O. The first-order valence-corrected chi connectivity index (χ1v) is 5.91. The zero-order valence-corrected chi connectivity index (χ0v) is 11.3. The van der Waals surface area contributed by atoms with E-state index in [0.717, 1.165) is 0 Å². The van der Waals surface area contributed by atoms with E-state index < -0.39 is 11.7 Å². The molecule has 0 aliphatic rings. The first-order valence-electron chi connectivity index (χ1n) is 5.91. The highest BCUT2D eigenvalue weighted by Crippen LogP contribution is 2.06. The zero-order chi connectivity index (χ0) is 13.8. The van der Waals surface area contributed by atoms with Gasteiger partial charge in [-0.15, -0.1) is 0 Å². The lowest BCUT2D eigenvalue weighted by Crippen LogP contribution is -2.34. The molecular formula is C13H20N2O3. The van der Waals surface area contributed by atoms with Gasteiger partial charge in [-0.1, -0.05) is 0 Å². The van der Waals surface area contributed by atoms with Gasteiger partial charge < -0.3 is 14.6 Å². The lowest BCUT2D eigenvalue weighted by atomic mass is 10.2. The molecule has 18 heavy (non-hydrogen) atoms. The Bertz CT molecular complexity index is 472. The van der Waals surface area contributed by atoms with Gasteiger partial charge >= 0.3 is 6.09 Å². The van der Waals surface area contributed by atoms with Crippen LogP contribution in [0.25, 0.3) is 0 Å². The van der Waals surface area contributed by atoms with Crippen molar-refractivity contribution in [1.82, 2.24) is 9.88 Å². The second kappa shape index (κ2) is 5.71. The fraction of sp³-hybridized carbons (Fsp3) is 0.538. The Morgan fingerprint density at radius 3 is 2.67 bits per heavy atom. The summed E-state index contributed by atoms with van der Waals surface area (Å²) in [7, 11) is 0. The molecule has 0 saturated carbocycles. The number of nitrogens with one attached hydrogen (secondary N) is 1. The van der Waals surface area contributed by atoms with Crippen LogP contribution in [0.2, 0.25) is 0 Å². The molecule has 1 amide bonds. The van der Waals surface area contributed by atoms with Crippen LogP contribution in [0.1, 0.15) is 26.3 Å². The molecule has 1 aromatic heterocycles. The maximum absolute atomic E-state index is 11.4. The van der Waals surface area contributed by atoms with Gasteiger partial charge in [0.05, 0.1) is 0 Å². The van der Waals surface area contributed by atoms with Gasteiger partial charge in [0.1, 0.15) is 5.60 Å². The molecule has 5 nitrogen and oxygen atoms in total. The molecule has 100 valence electrons. The molecule has 5 heteroatoms. The smallest absolute Gasteiger partial charge is 0.407 e. The van der Waals surface area contributed by atoms with Crippen molar-refractivity contribution in [3.63, 3.8) is 0 Å². The zero-order valence-electron chi connectivity index (χ0n) is 11.3. The average molecular weight is 252 g/mol. The third-order valence-electron chi connectivity index (χ3n) is 2.20. The normalized spacial score (nSPS) is 11.1. The van der Waals surface area contributed by atoms with Crippen LogP contribution < -0.4 is 10.7 Å². The molecule has 0 aliphatic heterocycles. The third-order valence-corrected chi connectivity index (χ3v) is 2.20. The highest BCUT2D eigenvalue weighted by molar-refractivity contribution is 5.67. The van der Waals surface area contributed by atoms with Gasteiger partial charge in [0.15, 0.2) is 5.43 Å². The maximum Gasteiger partial charge on any atom is 0.407 e. The Labute approximate surface area is 107 Å². The molecule has 1 aromatic rings. The summed E-state index contributed by atoms with van der Waals surface area (Å²) in [6.07, 6.45) is 3.03. The molecule has 0 unspecified atom stereocenters. The molecule has 0 fully saturated rings. The molecule has 0 saturated heterocycles. The lowest BCUT2D eigenvalue weighted by Gasteiger charge is -2.19. The minimum atomic E-state index is -0.488. The van der Waals surface area contributed by atoms with E-state index in [0.29, 0.717) is 18.7 Å². The molecule has 0 spiro atoms. The fourth-order valence-electron chi connectivity index (χ4n) is 1.39. The highest BCUT2D eigenvalue weighted by Gasteiger charge is 2.15. The summed E-state index contributed by atoms with van der Waals surface area (Å²) in [5.74, 6) is 0. The number of amides is 1. The molecular weight excluding hydrogens is 232 g/mol. The Kier molecular flexibility index (Phi) is 4.53. The topological polar surface area (TPSA) is 60.3 Å². The van der Waals surface area contributed by atoms with Crippen molar-refractivity contribution in [3.8, 4) is 0 Å². The largest absolute Gasteiger partial charge is 0.444 e. The van der Waals surface area contributed by atoms with Crippen molar-refractivity contribution in [3.05, 3.63) is 34.2 Å². The minimum Gasteiger partial charge on any atom is -0.444 e. The predicted molar refractivity (Wildman–Crippen MR) is 69.7 cm³/mol. The Morgan fingerprint density at radius 1 is 1.44 bits per heavy atom. The maximum atomic E-state index is 11.4. The first-order chi connectivity index (χ1) is 8.28. The van der Waals surface area contributed by atoms with Gasteiger partial charge in [0, 0.05) is 37.1 Å². The molecule has 0 aliphatic carbocycles. The second-order valence-electron chi connectivity index (χ2n) is 5.16. The number of aromatic nitrogens is 1. The molecule has 0 radical (unpaired) electrons. The van der Waals surface area contributed by atoms with Crippen molar-refractivity contribution < 1.29 is 9.53 Å². The van der Waals surface area contributed by atoms with E-state index in [1.807, 2.05) is 25.3 Å². The van der Waals surface area contributed by atoms with Crippen molar-refractivity contribution in [1.29, 1.82) is 0 Å². The van der Waals surface area contributed by atoms with Crippen molar-refractivity contribution >= 4 is 6.09 Å². The Balaban J connectivity index is 2.40. The summed E-state index contributed by atoms with van der Waals surface area (Å²) in [6.45, 7) is 8.27.